The molecule has 0 saturated heterocycles. The average molecular weight is 266 g/mol. The fourth-order valence-corrected chi connectivity index (χ4v) is 2.82. The molecule has 2 nitrogen and oxygen atoms in total. The Morgan fingerprint density at radius 3 is 2.45 bits per heavy atom. The largest absolute Gasteiger partial charge is 0.366 e. The summed E-state index contributed by atoms with van der Waals surface area (Å²) in [4.78, 5) is 2.51. The monoisotopic (exact) mass is 266 g/mol. The number of nitrogens with zero attached hydrogens (tertiary/aromatic N) is 1. The zero-order chi connectivity index (χ0) is 14.1. The fourth-order valence-electron chi connectivity index (χ4n) is 2.82. The molecule has 0 saturated carbocycles. The van der Waals surface area contributed by atoms with E-state index in [1.165, 1.54) is 22.4 Å². The van der Waals surface area contributed by atoms with Gasteiger partial charge < -0.3 is 5.32 Å². The summed E-state index contributed by atoms with van der Waals surface area (Å²) in [6.45, 7) is 7.65. The standard InChI is InChI=1S/C18H22N2/c1-13(2)20-12-16-6-4-5-7-17(16)19-18(20)15-10-8-14(3)9-11-15/h4-11,13,18-19H,12H2,1-3H3. The first-order valence-corrected chi connectivity index (χ1v) is 7.32. The molecule has 0 aromatic heterocycles. The van der Waals surface area contributed by atoms with Crippen LogP contribution in [0.3, 0.4) is 0 Å². The molecule has 1 unspecified atom stereocenters. The molecule has 3 rings (SSSR count). The molecular weight excluding hydrogens is 244 g/mol. The topological polar surface area (TPSA) is 15.3 Å². The molecule has 2 heteroatoms. The van der Waals surface area contributed by atoms with Crippen molar-refractivity contribution in [2.75, 3.05) is 5.32 Å². The van der Waals surface area contributed by atoms with Crippen LogP contribution in [0.2, 0.25) is 0 Å². The molecule has 1 aliphatic heterocycles. The third kappa shape index (κ3) is 2.44. The van der Waals surface area contributed by atoms with Crippen molar-refractivity contribution < 1.29 is 0 Å². The summed E-state index contributed by atoms with van der Waals surface area (Å²) in [5, 5.41) is 3.69. The Bertz CT molecular complexity index is 587. The molecule has 0 bridgehead atoms. The fraction of sp³-hybridized carbons (Fsp3) is 0.333. The molecule has 1 N–H and O–H groups in total. The summed E-state index contributed by atoms with van der Waals surface area (Å²) < 4.78 is 0. The number of aryl methyl sites for hydroxylation is 1. The third-order valence-corrected chi connectivity index (χ3v) is 4.05. The minimum Gasteiger partial charge on any atom is -0.366 e. The number of benzene rings is 2. The van der Waals surface area contributed by atoms with Crippen LogP contribution in [0.4, 0.5) is 5.69 Å². The van der Waals surface area contributed by atoms with E-state index >= 15 is 0 Å². The zero-order valence-corrected chi connectivity index (χ0v) is 12.4. The first-order valence-electron chi connectivity index (χ1n) is 7.32. The maximum Gasteiger partial charge on any atom is 0.106 e. The Labute approximate surface area is 121 Å². The number of hydrogen-bond acceptors (Lipinski definition) is 2. The second-order valence-corrected chi connectivity index (χ2v) is 5.88. The lowest BCUT2D eigenvalue weighted by molar-refractivity contribution is 0.153. The normalized spacial score (nSPS) is 18.7. The van der Waals surface area contributed by atoms with E-state index in [-0.39, 0.29) is 6.17 Å². The van der Waals surface area contributed by atoms with E-state index in [0.29, 0.717) is 6.04 Å². The summed E-state index contributed by atoms with van der Waals surface area (Å²) in [5.74, 6) is 0. The maximum atomic E-state index is 3.69. The van der Waals surface area contributed by atoms with E-state index in [2.05, 4.69) is 79.5 Å². The van der Waals surface area contributed by atoms with Crippen LogP contribution in [0.25, 0.3) is 0 Å². The zero-order valence-electron chi connectivity index (χ0n) is 12.4. The summed E-state index contributed by atoms with van der Waals surface area (Å²) in [6, 6.07) is 18.0. The Hall–Kier alpha value is -1.80. The van der Waals surface area contributed by atoms with E-state index < -0.39 is 0 Å². The minimum atomic E-state index is 0.255. The van der Waals surface area contributed by atoms with Gasteiger partial charge >= 0.3 is 0 Å². The molecule has 20 heavy (non-hydrogen) atoms. The van der Waals surface area contributed by atoms with Gasteiger partial charge in [-0.2, -0.15) is 0 Å². The first-order chi connectivity index (χ1) is 9.65. The molecule has 0 aliphatic carbocycles. The molecule has 2 aromatic rings. The van der Waals surface area contributed by atoms with Gasteiger partial charge in [0, 0.05) is 18.3 Å². The Balaban J connectivity index is 1.98. The van der Waals surface area contributed by atoms with Crippen LogP contribution in [0.5, 0.6) is 0 Å². The molecule has 2 aromatic carbocycles. The molecule has 0 fully saturated rings. The second-order valence-electron chi connectivity index (χ2n) is 5.88. The molecule has 0 amide bonds. The SMILES string of the molecule is Cc1ccc(C2Nc3ccccc3CN2C(C)C)cc1. The molecule has 1 aliphatic rings. The number of para-hydroxylation sites is 1. The Morgan fingerprint density at radius 1 is 1.05 bits per heavy atom. The smallest absolute Gasteiger partial charge is 0.106 e. The van der Waals surface area contributed by atoms with Crippen molar-refractivity contribution in [3.05, 3.63) is 65.2 Å². The van der Waals surface area contributed by atoms with Crippen molar-refractivity contribution >= 4 is 5.69 Å². The Morgan fingerprint density at radius 2 is 1.75 bits per heavy atom. The summed E-state index contributed by atoms with van der Waals surface area (Å²) >= 11 is 0. The van der Waals surface area contributed by atoms with E-state index in [1.807, 2.05) is 0 Å². The molecule has 0 radical (unpaired) electrons. The predicted molar refractivity (Wildman–Crippen MR) is 84.7 cm³/mol. The van der Waals surface area contributed by atoms with Gasteiger partial charge in [-0.15, -0.1) is 0 Å². The highest BCUT2D eigenvalue weighted by molar-refractivity contribution is 5.54. The van der Waals surface area contributed by atoms with Gasteiger partial charge in [-0.05, 0) is 38.0 Å². The van der Waals surface area contributed by atoms with Gasteiger partial charge in [0.15, 0.2) is 0 Å². The number of hydrogen-bond donors (Lipinski definition) is 1. The van der Waals surface area contributed by atoms with Crippen LogP contribution in [0.15, 0.2) is 48.5 Å². The van der Waals surface area contributed by atoms with Crippen molar-refractivity contribution in [3.8, 4) is 0 Å². The van der Waals surface area contributed by atoms with Gasteiger partial charge in [0.1, 0.15) is 6.17 Å². The molecule has 1 atom stereocenters. The van der Waals surface area contributed by atoms with Gasteiger partial charge in [-0.3, -0.25) is 4.90 Å². The molecule has 1 heterocycles. The van der Waals surface area contributed by atoms with Gasteiger partial charge in [0.2, 0.25) is 0 Å². The maximum absolute atomic E-state index is 3.69. The van der Waals surface area contributed by atoms with Gasteiger partial charge in [-0.25, -0.2) is 0 Å². The third-order valence-electron chi connectivity index (χ3n) is 4.05. The second kappa shape index (κ2) is 5.29. The summed E-state index contributed by atoms with van der Waals surface area (Å²) in [7, 11) is 0. The quantitative estimate of drug-likeness (QED) is 0.870. The average Bonchev–Trinajstić information content (AvgIpc) is 2.46. The van der Waals surface area contributed by atoms with E-state index in [4.69, 9.17) is 0 Å². The summed E-state index contributed by atoms with van der Waals surface area (Å²) in [5.41, 5.74) is 5.28. The van der Waals surface area contributed by atoms with Crippen molar-refractivity contribution in [3.63, 3.8) is 0 Å². The highest BCUT2D eigenvalue weighted by Gasteiger charge is 2.28. The Kier molecular flexibility index (Phi) is 3.49. The molecule has 0 spiro atoms. The lowest BCUT2D eigenvalue weighted by Gasteiger charge is -2.41. The number of rotatable bonds is 2. The lowest BCUT2D eigenvalue weighted by atomic mass is 10.0. The predicted octanol–water partition coefficient (Wildman–Crippen LogP) is 4.33. The van der Waals surface area contributed by atoms with Crippen LogP contribution in [0.1, 0.15) is 36.7 Å². The number of anilines is 1. The number of nitrogens with one attached hydrogen (secondary N) is 1. The van der Waals surface area contributed by atoms with Gasteiger partial charge in [-0.1, -0.05) is 48.0 Å². The lowest BCUT2D eigenvalue weighted by Crippen LogP contribution is -2.41. The van der Waals surface area contributed by atoms with Crippen molar-refractivity contribution in [1.29, 1.82) is 0 Å². The van der Waals surface area contributed by atoms with E-state index in [0.717, 1.165) is 6.54 Å². The van der Waals surface area contributed by atoms with Crippen LogP contribution in [0, 0.1) is 6.92 Å². The van der Waals surface area contributed by atoms with Crippen LogP contribution >= 0.6 is 0 Å². The van der Waals surface area contributed by atoms with E-state index in [1.54, 1.807) is 0 Å². The number of fused-ring (bicyclic) bond motifs is 1. The highest BCUT2D eigenvalue weighted by atomic mass is 15.3. The van der Waals surface area contributed by atoms with Crippen molar-refractivity contribution in [2.45, 2.75) is 39.5 Å². The van der Waals surface area contributed by atoms with Crippen LogP contribution in [-0.2, 0) is 6.54 Å². The van der Waals surface area contributed by atoms with Crippen LogP contribution < -0.4 is 5.32 Å². The first kappa shape index (κ1) is 13.2. The van der Waals surface area contributed by atoms with Crippen molar-refractivity contribution in [1.82, 2.24) is 4.90 Å². The van der Waals surface area contributed by atoms with Crippen molar-refractivity contribution in [2.24, 2.45) is 0 Å². The molecular formula is C18H22N2. The minimum absolute atomic E-state index is 0.255. The van der Waals surface area contributed by atoms with E-state index in [9.17, 15) is 0 Å². The highest BCUT2D eigenvalue weighted by Crippen LogP contribution is 2.34. The van der Waals surface area contributed by atoms with Gasteiger partial charge in [0.05, 0.1) is 0 Å². The van der Waals surface area contributed by atoms with Crippen LogP contribution in [-0.4, -0.2) is 10.9 Å². The summed E-state index contributed by atoms with van der Waals surface area (Å²) in [6.07, 6.45) is 0.255. The molecule has 104 valence electrons. The van der Waals surface area contributed by atoms with Gasteiger partial charge in [0.25, 0.3) is 0 Å².